The minimum absolute atomic E-state index is 0.773. The van der Waals surface area contributed by atoms with E-state index in [2.05, 4.69) is 22.9 Å². The maximum atomic E-state index is 5.78. The first-order chi connectivity index (χ1) is 7.31. The average molecular weight is 225 g/mol. The van der Waals surface area contributed by atoms with Gasteiger partial charge in [-0.3, -0.25) is 4.98 Å². The van der Waals surface area contributed by atoms with Crippen LogP contribution in [0.4, 0.5) is 5.69 Å². The maximum Gasteiger partial charge on any atom is 0.0426 e. The van der Waals surface area contributed by atoms with Crippen LogP contribution in [0.15, 0.2) is 18.5 Å². The predicted octanol–water partition coefficient (Wildman–Crippen LogP) is 2.85. The van der Waals surface area contributed by atoms with E-state index in [1.54, 1.807) is 0 Å². The van der Waals surface area contributed by atoms with Crippen LogP contribution in [-0.4, -0.2) is 24.0 Å². The molecular weight excluding hydrogens is 208 g/mol. The van der Waals surface area contributed by atoms with Gasteiger partial charge in [-0.2, -0.15) is 0 Å². The molecule has 1 saturated heterocycles. The average Bonchev–Trinajstić information content (AvgIpc) is 2.68. The van der Waals surface area contributed by atoms with Crippen LogP contribution in [0.25, 0.3) is 0 Å². The fourth-order valence-electron chi connectivity index (χ4n) is 2.26. The molecule has 2 nitrogen and oxygen atoms in total. The Morgan fingerprint density at radius 2 is 2.47 bits per heavy atom. The molecule has 0 aliphatic carbocycles. The summed E-state index contributed by atoms with van der Waals surface area (Å²) >= 11 is 5.78. The van der Waals surface area contributed by atoms with Gasteiger partial charge in [-0.1, -0.05) is 0 Å². The number of halogens is 1. The van der Waals surface area contributed by atoms with Crippen molar-refractivity contribution < 1.29 is 0 Å². The molecule has 1 aromatic heterocycles. The minimum atomic E-state index is 0.773. The topological polar surface area (TPSA) is 16.1 Å². The molecule has 1 fully saturated rings. The molecule has 1 aromatic rings. The van der Waals surface area contributed by atoms with Crippen molar-refractivity contribution in [1.82, 2.24) is 4.98 Å². The zero-order valence-electron chi connectivity index (χ0n) is 9.12. The lowest BCUT2D eigenvalue weighted by molar-refractivity contribution is 0.572. The highest BCUT2D eigenvalue weighted by atomic mass is 35.5. The third-order valence-electron chi connectivity index (χ3n) is 3.13. The van der Waals surface area contributed by atoms with Crippen molar-refractivity contribution in [2.24, 2.45) is 5.92 Å². The number of anilines is 1. The van der Waals surface area contributed by atoms with Gasteiger partial charge in [0, 0.05) is 37.1 Å². The quantitative estimate of drug-likeness (QED) is 0.734. The van der Waals surface area contributed by atoms with Crippen LogP contribution in [0.5, 0.6) is 0 Å². The molecule has 0 N–H and O–H groups in total. The van der Waals surface area contributed by atoms with Gasteiger partial charge in [0.25, 0.3) is 0 Å². The summed E-state index contributed by atoms with van der Waals surface area (Å²) in [5.41, 5.74) is 2.60. The van der Waals surface area contributed by atoms with E-state index in [9.17, 15) is 0 Å². The number of nitrogens with zero attached hydrogens (tertiary/aromatic N) is 2. The first-order valence-corrected chi connectivity index (χ1v) is 6.06. The third-order valence-corrected chi connectivity index (χ3v) is 3.35. The Hall–Kier alpha value is -0.760. The van der Waals surface area contributed by atoms with E-state index in [4.69, 9.17) is 11.6 Å². The van der Waals surface area contributed by atoms with Gasteiger partial charge in [-0.05, 0) is 37.3 Å². The molecule has 0 bridgehead atoms. The Labute approximate surface area is 96.3 Å². The second-order valence-corrected chi connectivity index (χ2v) is 4.62. The van der Waals surface area contributed by atoms with Crippen LogP contribution in [0.2, 0.25) is 0 Å². The summed E-state index contributed by atoms with van der Waals surface area (Å²) in [6, 6.07) is 2.11. The number of aromatic nitrogens is 1. The third kappa shape index (κ3) is 2.43. The van der Waals surface area contributed by atoms with Crippen molar-refractivity contribution in [2.45, 2.75) is 19.8 Å². The van der Waals surface area contributed by atoms with Crippen molar-refractivity contribution >= 4 is 17.3 Å². The summed E-state index contributed by atoms with van der Waals surface area (Å²) in [5, 5.41) is 0. The van der Waals surface area contributed by atoms with Crippen molar-refractivity contribution in [2.75, 3.05) is 23.9 Å². The highest BCUT2D eigenvalue weighted by Crippen LogP contribution is 2.27. The molecule has 2 rings (SSSR count). The number of aryl methyl sites for hydroxylation is 1. The molecule has 0 spiro atoms. The summed E-state index contributed by atoms with van der Waals surface area (Å²) < 4.78 is 0. The summed E-state index contributed by atoms with van der Waals surface area (Å²) in [5.74, 6) is 1.56. The highest BCUT2D eigenvalue weighted by molar-refractivity contribution is 6.17. The molecule has 1 aliphatic heterocycles. The number of pyridine rings is 1. The molecule has 3 heteroatoms. The first kappa shape index (κ1) is 10.7. The molecule has 0 aromatic carbocycles. The van der Waals surface area contributed by atoms with E-state index in [1.807, 2.05) is 12.4 Å². The summed E-state index contributed by atoms with van der Waals surface area (Å²) in [6.45, 7) is 4.43. The fourth-order valence-corrected chi connectivity index (χ4v) is 2.57. The summed E-state index contributed by atoms with van der Waals surface area (Å²) in [7, 11) is 0. The summed E-state index contributed by atoms with van der Waals surface area (Å²) in [6.07, 6.45) is 6.22. The van der Waals surface area contributed by atoms with Crippen molar-refractivity contribution in [3.63, 3.8) is 0 Å². The number of alkyl halides is 1. The lowest BCUT2D eigenvalue weighted by atomic mass is 10.1. The van der Waals surface area contributed by atoms with Crippen LogP contribution < -0.4 is 4.90 Å². The molecule has 1 aliphatic rings. The van der Waals surface area contributed by atoms with Gasteiger partial charge >= 0.3 is 0 Å². The molecule has 15 heavy (non-hydrogen) atoms. The van der Waals surface area contributed by atoms with Gasteiger partial charge < -0.3 is 4.90 Å². The SMILES string of the molecule is Cc1cnccc1N1CCC(CCCl)C1. The van der Waals surface area contributed by atoms with E-state index in [1.165, 1.54) is 17.7 Å². The lowest BCUT2D eigenvalue weighted by Gasteiger charge is -2.20. The molecule has 1 atom stereocenters. The van der Waals surface area contributed by atoms with Crippen LogP contribution in [-0.2, 0) is 0 Å². The largest absolute Gasteiger partial charge is 0.371 e. The lowest BCUT2D eigenvalue weighted by Crippen LogP contribution is -2.20. The Morgan fingerprint density at radius 3 is 3.20 bits per heavy atom. The van der Waals surface area contributed by atoms with Crippen LogP contribution in [0.1, 0.15) is 18.4 Å². The standard InChI is InChI=1S/C12H17ClN2/c1-10-8-14-6-3-12(10)15-7-4-11(9-15)2-5-13/h3,6,8,11H,2,4-5,7,9H2,1H3. The Kier molecular flexibility index (Phi) is 3.47. The summed E-state index contributed by atoms with van der Waals surface area (Å²) in [4.78, 5) is 6.58. The number of hydrogen-bond donors (Lipinski definition) is 0. The van der Waals surface area contributed by atoms with E-state index in [0.29, 0.717) is 0 Å². The highest BCUT2D eigenvalue weighted by Gasteiger charge is 2.22. The molecule has 2 heterocycles. The number of rotatable bonds is 3. The zero-order valence-corrected chi connectivity index (χ0v) is 9.87. The van der Waals surface area contributed by atoms with Gasteiger partial charge in [0.05, 0.1) is 0 Å². The van der Waals surface area contributed by atoms with Gasteiger partial charge in [0.2, 0.25) is 0 Å². The van der Waals surface area contributed by atoms with Gasteiger partial charge in [0.1, 0.15) is 0 Å². The van der Waals surface area contributed by atoms with E-state index in [0.717, 1.165) is 31.3 Å². The molecule has 82 valence electrons. The number of hydrogen-bond acceptors (Lipinski definition) is 2. The Balaban J connectivity index is 2.04. The van der Waals surface area contributed by atoms with Crippen LogP contribution >= 0.6 is 11.6 Å². The van der Waals surface area contributed by atoms with Gasteiger partial charge in [0.15, 0.2) is 0 Å². The van der Waals surface area contributed by atoms with E-state index < -0.39 is 0 Å². The fraction of sp³-hybridized carbons (Fsp3) is 0.583. The monoisotopic (exact) mass is 224 g/mol. The second-order valence-electron chi connectivity index (χ2n) is 4.24. The Bertz CT molecular complexity index is 327. The predicted molar refractivity (Wildman–Crippen MR) is 64.6 cm³/mol. The molecule has 0 saturated carbocycles. The smallest absolute Gasteiger partial charge is 0.0426 e. The van der Waals surface area contributed by atoms with Crippen LogP contribution in [0.3, 0.4) is 0 Å². The van der Waals surface area contributed by atoms with Crippen LogP contribution in [0, 0.1) is 12.8 Å². The maximum absolute atomic E-state index is 5.78. The molecule has 0 amide bonds. The second kappa shape index (κ2) is 4.84. The first-order valence-electron chi connectivity index (χ1n) is 5.53. The van der Waals surface area contributed by atoms with Crippen molar-refractivity contribution in [3.8, 4) is 0 Å². The van der Waals surface area contributed by atoms with Gasteiger partial charge in [-0.15, -0.1) is 11.6 Å². The normalized spacial score (nSPS) is 20.9. The Morgan fingerprint density at radius 1 is 1.60 bits per heavy atom. The molecule has 0 radical (unpaired) electrons. The van der Waals surface area contributed by atoms with E-state index >= 15 is 0 Å². The van der Waals surface area contributed by atoms with Gasteiger partial charge in [-0.25, -0.2) is 0 Å². The molecular formula is C12H17ClN2. The van der Waals surface area contributed by atoms with Crippen molar-refractivity contribution in [1.29, 1.82) is 0 Å². The van der Waals surface area contributed by atoms with E-state index in [-0.39, 0.29) is 0 Å². The van der Waals surface area contributed by atoms with Crippen molar-refractivity contribution in [3.05, 3.63) is 24.0 Å². The molecule has 1 unspecified atom stereocenters. The minimum Gasteiger partial charge on any atom is -0.371 e. The zero-order chi connectivity index (χ0) is 10.7.